The maximum atomic E-state index is 12.5. The average Bonchev–Trinajstić information content (AvgIpc) is 2.97. The summed E-state index contributed by atoms with van der Waals surface area (Å²) in [5.41, 5.74) is 0.661. The normalized spacial score (nSPS) is 17.1. The van der Waals surface area contributed by atoms with Crippen molar-refractivity contribution in [3.8, 4) is 0 Å². The quantitative estimate of drug-likeness (QED) is 0.704. The van der Waals surface area contributed by atoms with Crippen molar-refractivity contribution in [3.05, 3.63) is 56.1 Å². The molecule has 116 valence electrons. The average molecular weight is 350 g/mol. The highest BCUT2D eigenvalue weighted by molar-refractivity contribution is 6.42. The molecule has 3 aromatic rings. The second kappa shape index (κ2) is 5.07. The molecule has 0 bridgehead atoms. The molecule has 4 rings (SSSR count). The SMILES string of the molecule is O=C1C[C@H](c2cccc(Cl)c2Cl)c2c(n3ncnc3[nH]c2=O)N1. The number of anilines is 1. The minimum Gasteiger partial charge on any atom is -0.310 e. The predicted molar refractivity (Wildman–Crippen MR) is 85.2 cm³/mol. The Morgan fingerprint density at radius 3 is 2.91 bits per heavy atom. The van der Waals surface area contributed by atoms with E-state index in [9.17, 15) is 9.59 Å². The summed E-state index contributed by atoms with van der Waals surface area (Å²) in [6, 6.07) is 5.15. The lowest BCUT2D eigenvalue weighted by Gasteiger charge is -2.25. The second-order valence-electron chi connectivity index (χ2n) is 5.16. The number of H-pyrrole nitrogens is 1. The van der Waals surface area contributed by atoms with E-state index in [1.807, 2.05) is 0 Å². The van der Waals surface area contributed by atoms with Gasteiger partial charge in [-0.05, 0) is 11.6 Å². The first-order chi connectivity index (χ1) is 11.1. The van der Waals surface area contributed by atoms with E-state index in [0.717, 1.165) is 0 Å². The number of carbonyl (C=O) groups excluding carboxylic acids is 1. The van der Waals surface area contributed by atoms with E-state index in [2.05, 4.69) is 20.4 Å². The number of aromatic nitrogens is 4. The minimum absolute atomic E-state index is 0.0936. The Labute approximate surface area is 139 Å². The minimum atomic E-state index is -0.512. The molecular weight excluding hydrogens is 341 g/mol. The standard InChI is InChI=1S/C14H9Cl2N5O2/c15-8-3-1-2-6(11(8)16)7-4-9(22)19-12-10(7)13(23)20-14-17-5-18-21(12)14/h1-3,5,7H,4H2,(H,19,22)(H,17,18,20,23)/t7-/m1/s1. The molecule has 0 fully saturated rings. The van der Waals surface area contributed by atoms with E-state index < -0.39 is 5.92 Å². The van der Waals surface area contributed by atoms with E-state index in [-0.39, 0.29) is 23.7 Å². The molecular formula is C14H9Cl2N5O2. The molecule has 1 aromatic carbocycles. The van der Waals surface area contributed by atoms with Crippen LogP contribution in [0.3, 0.4) is 0 Å². The van der Waals surface area contributed by atoms with Gasteiger partial charge in [0, 0.05) is 12.3 Å². The van der Waals surface area contributed by atoms with Crippen LogP contribution >= 0.6 is 23.2 Å². The number of fused-ring (bicyclic) bond motifs is 3. The Hall–Kier alpha value is -2.38. The highest BCUT2D eigenvalue weighted by Gasteiger charge is 2.33. The van der Waals surface area contributed by atoms with Crippen molar-refractivity contribution in [2.24, 2.45) is 0 Å². The monoisotopic (exact) mass is 349 g/mol. The van der Waals surface area contributed by atoms with E-state index in [0.29, 0.717) is 27.0 Å². The van der Waals surface area contributed by atoms with Gasteiger partial charge in [0.25, 0.3) is 5.56 Å². The number of rotatable bonds is 1. The number of hydrogen-bond donors (Lipinski definition) is 2. The van der Waals surface area contributed by atoms with E-state index in [1.165, 1.54) is 10.8 Å². The first-order valence-corrected chi connectivity index (χ1v) is 7.51. The fourth-order valence-electron chi connectivity index (χ4n) is 2.85. The molecule has 2 N–H and O–H groups in total. The van der Waals surface area contributed by atoms with Crippen LogP contribution in [-0.2, 0) is 4.79 Å². The van der Waals surface area contributed by atoms with Crippen molar-refractivity contribution in [2.45, 2.75) is 12.3 Å². The van der Waals surface area contributed by atoms with Crippen molar-refractivity contribution in [1.82, 2.24) is 19.6 Å². The van der Waals surface area contributed by atoms with Crippen LogP contribution in [0.25, 0.3) is 5.78 Å². The molecule has 1 aliphatic heterocycles. The zero-order chi connectivity index (χ0) is 16.1. The molecule has 0 saturated carbocycles. The largest absolute Gasteiger partial charge is 0.310 e. The smallest absolute Gasteiger partial charge is 0.258 e. The van der Waals surface area contributed by atoms with E-state index in [1.54, 1.807) is 18.2 Å². The maximum Gasteiger partial charge on any atom is 0.258 e. The number of aromatic amines is 1. The third kappa shape index (κ3) is 2.12. The third-order valence-electron chi connectivity index (χ3n) is 3.84. The fraction of sp³-hybridized carbons (Fsp3) is 0.143. The van der Waals surface area contributed by atoms with Gasteiger partial charge in [-0.1, -0.05) is 35.3 Å². The molecule has 0 aliphatic carbocycles. The predicted octanol–water partition coefficient (Wildman–Crippen LogP) is 2.20. The number of halogens is 2. The molecule has 9 heteroatoms. The number of amides is 1. The Kier molecular flexibility index (Phi) is 3.14. The molecule has 0 spiro atoms. The van der Waals surface area contributed by atoms with Crippen LogP contribution in [0.5, 0.6) is 0 Å². The fourth-order valence-corrected chi connectivity index (χ4v) is 3.29. The summed E-state index contributed by atoms with van der Waals surface area (Å²) in [5.74, 6) is -0.186. The summed E-state index contributed by atoms with van der Waals surface area (Å²) in [6.07, 6.45) is 1.39. The molecule has 1 amide bonds. The van der Waals surface area contributed by atoms with Crippen molar-refractivity contribution in [3.63, 3.8) is 0 Å². The van der Waals surface area contributed by atoms with Crippen molar-refractivity contribution >= 4 is 40.7 Å². The molecule has 1 aliphatic rings. The summed E-state index contributed by atoms with van der Waals surface area (Å²) >= 11 is 12.3. The summed E-state index contributed by atoms with van der Waals surface area (Å²) in [4.78, 5) is 31.2. The molecule has 2 aromatic heterocycles. The second-order valence-corrected chi connectivity index (χ2v) is 5.94. The van der Waals surface area contributed by atoms with Crippen LogP contribution in [0.4, 0.5) is 5.82 Å². The lowest BCUT2D eigenvalue weighted by atomic mass is 9.87. The van der Waals surface area contributed by atoms with Gasteiger partial charge < -0.3 is 5.32 Å². The lowest BCUT2D eigenvalue weighted by molar-refractivity contribution is -0.116. The van der Waals surface area contributed by atoms with Crippen molar-refractivity contribution in [1.29, 1.82) is 0 Å². The highest BCUT2D eigenvalue weighted by Crippen LogP contribution is 2.39. The molecule has 23 heavy (non-hydrogen) atoms. The van der Waals surface area contributed by atoms with Crippen LogP contribution < -0.4 is 10.9 Å². The number of benzene rings is 1. The van der Waals surface area contributed by atoms with Gasteiger partial charge in [-0.25, -0.2) is 0 Å². The van der Waals surface area contributed by atoms with Crippen LogP contribution in [0.1, 0.15) is 23.5 Å². The van der Waals surface area contributed by atoms with Crippen molar-refractivity contribution in [2.75, 3.05) is 5.32 Å². The Morgan fingerprint density at radius 2 is 2.09 bits per heavy atom. The van der Waals surface area contributed by atoms with Crippen LogP contribution in [0.15, 0.2) is 29.3 Å². The van der Waals surface area contributed by atoms with Gasteiger partial charge in [-0.2, -0.15) is 14.6 Å². The molecule has 0 radical (unpaired) electrons. The highest BCUT2D eigenvalue weighted by atomic mass is 35.5. The molecule has 0 saturated heterocycles. The van der Waals surface area contributed by atoms with Crippen molar-refractivity contribution < 1.29 is 4.79 Å². The van der Waals surface area contributed by atoms with Gasteiger partial charge in [0.05, 0.1) is 15.6 Å². The Morgan fingerprint density at radius 1 is 1.26 bits per heavy atom. The Bertz CT molecular complexity index is 1010. The number of nitrogens with one attached hydrogen (secondary N) is 2. The van der Waals surface area contributed by atoms with Gasteiger partial charge >= 0.3 is 0 Å². The van der Waals surface area contributed by atoms with Crippen LogP contribution in [0.2, 0.25) is 10.0 Å². The third-order valence-corrected chi connectivity index (χ3v) is 4.67. The Balaban J connectivity index is 2.03. The van der Waals surface area contributed by atoms with Gasteiger partial charge in [0.2, 0.25) is 11.7 Å². The molecule has 0 unspecified atom stereocenters. The van der Waals surface area contributed by atoms with Crippen LogP contribution in [-0.4, -0.2) is 25.5 Å². The zero-order valence-corrected chi connectivity index (χ0v) is 13.0. The molecule has 1 atom stereocenters. The first-order valence-electron chi connectivity index (χ1n) is 6.76. The first kappa shape index (κ1) is 14.2. The van der Waals surface area contributed by atoms with E-state index in [4.69, 9.17) is 23.2 Å². The topological polar surface area (TPSA) is 92.2 Å². The molecule has 7 nitrogen and oxygen atoms in total. The summed E-state index contributed by atoms with van der Waals surface area (Å²) < 4.78 is 1.39. The van der Waals surface area contributed by atoms with E-state index >= 15 is 0 Å². The maximum absolute atomic E-state index is 12.5. The van der Waals surface area contributed by atoms with Gasteiger partial charge in [-0.15, -0.1) is 0 Å². The van der Waals surface area contributed by atoms with Gasteiger partial charge in [0.15, 0.2) is 0 Å². The zero-order valence-electron chi connectivity index (χ0n) is 11.5. The molecule has 3 heterocycles. The lowest BCUT2D eigenvalue weighted by Crippen LogP contribution is -2.32. The number of nitrogens with zero attached hydrogens (tertiary/aromatic N) is 3. The number of hydrogen-bond acceptors (Lipinski definition) is 4. The van der Waals surface area contributed by atoms with Gasteiger partial charge in [0.1, 0.15) is 12.1 Å². The summed E-state index contributed by atoms with van der Waals surface area (Å²) in [7, 11) is 0. The number of carbonyl (C=O) groups is 1. The van der Waals surface area contributed by atoms with Crippen LogP contribution in [0, 0.1) is 0 Å². The summed E-state index contributed by atoms with van der Waals surface area (Å²) in [6.45, 7) is 0. The van der Waals surface area contributed by atoms with Gasteiger partial charge in [-0.3, -0.25) is 14.6 Å². The summed E-state index contributed by atoms with van der Waals surface area (Å²) in [5, 5.41) is 7.43.